The molecule has 208 valence electrons. The van der Waals surface area contributed by atoms with Crippen LogP contribution >= 0.6 is 0 Å². The van der Waals surface area contributed by atoms with E-state index in [1.807, 2.05) is 19.9 Å². The molecule has 4 aliphatic rings. The topological polar surface area (TPSA) is 127 Å². The molecule has 0 amide bonds. The van der Waals surface area contributed by atoms with Gasteiger partial charge in [0.1, 0.15) is 17.0 Å². The van der Waals surface area contributed by atoms with Crippen LogP contribution in [0.4, 0.5) is 0 Å². The molecule has 0 aromatic carbocycles. The fourth-order valence-electron chi connectivity index (χ4n) is 7.96. The Labute approximate surface area is 224 Å². The lowest BCUT2D eigenvalue weighted by Gasteiger charge is -2.58. The molecule has 0 saturated heterocycles. The van der Waals surface area contributed by atoms with Crippen molar-refractivity contribution < 1.29 is 38.9 Å². The smallest absolute Gasteiger partial charge is 0.320 e. The zero-order valence-corrected chi connectivity index (χ0v) is 23.6. The Morgan fingerprint density at radius 2 is 1.76 bits per heavy atom. The number of esters is 2. The molecule has 0 spiro atoms. The predicted octanol–water partition coefficient (Wildman–Crippen LogP) is 3.60. The Balaban J connectivity index is 1.71. The minimum atomic E-state index is -1.97. The van der Waals surface area contributed by atoms with Crippen LogP contribution in [0.2, 0.25) is 0 Å². The maximum atomic E-state index is 13.9. The monoisotopic (exact) mass is 528 g/mol. The normalized spacial score (nSPS) is 37.7. The number of carbonyl (C=O) groups is 4. The number of rotatable bonds is 5. The first-order valence-electron chi connectivity index (χ1n) is 13.3. The molecule has 2 fully saturated rings. The van der Waals surface area contributed by atoms with Gasteiger partial charge in [-0.3, -0.25) is 19.2 Å². The van der Waals surface area contributed by atoms with E-state index in [0.717, 1.165) is 11.1 Å². The van der Waals surface area contributed by atoms with E-state index in [4.69, 9.17) is 9.47 Å². The Hall–Kier alpha value is -2.58. The molecular formula is C30H40O8. The van der Waals surface area contributed by atoms with Gasteiger partial charge in [-0.25, -0.2) is 0 Å². The van der Waals surface area contributed by atoms with Crippen molar-refractivity contribution in [2.75, 3.05) is 0 Å². The lowest BCUT2D eigenvalue weighted by Crippen LogP contribution is -2.59. The second-order valence-electron chi connectivity index (χ2n) is 13.3. The van der Waals surface area contributed by atoms with Crippen LogP contribution in [-0.2, 0) is 28.7 Å². The standard InChI is InChI=1S/C30H40O8/c1-16(31)38-26(2,3)12-11-22(34)30(8,36)24-21(33)14-28(6)19-10-9-18-17(15-37-25(35)27(18,4)5)23(19)20(32)13-29(24,28)7/h9,11-12,15,19,21,23-24,33,36H,10,13-14H2,1-8H3/b12-11+/t19-,21-,23+,24+,28+,29-,30+/m1/s1. The number of hydrogen-bond donors (Lipinski definition) is 2. The van der Waals surface area contributed by atoms with E-state index >= 15 is 0 Å². The number of cyclic esters (lactones) is 1. The molecule has 7 atom stereocenters. The summed E-state index contributed by atoms with van der Waals surface area (Å²) >= 11 is 0. The molecule has 2 saturated carbocycles. The number of aliphatic hydroxyl groups excluding tert-OH is 1. The maximum absolute atomic E-state index is 13.9. The summed E-state index contributed by atoms with van der Waals surface area (Å²) in [6, 6.07) is 0. The Kier molecular flexibility index (Phi) is 6.52. The first kappa shape index (κ1) is 28.4. The SMILES string of the molecule is CC(=O)OC(C)(C)/C=C/C(=O)[C@](C)(O)[C@H]1[C@H](O)C[C@@]2(C)[C@@H]3CC=C4C(=COC(=O)C4(C)C)[C@@H]3C(=O)C[C@]12C. The van der Waals surface area contributed by atoms with Crippen molar-refractivity contribution >= 4 is 23.5 Å². The van der Waals surface area contributed by atoms with Crippen molar-refractivity contribution in [1.82, 2.24) is 0 Å². The second kappa shape index (κ2) is 8.71. The van der Waals surface area contributed by atoms with Gasteiger partial charge in [-0.2, -0.15) is 0 Å². The molecule has 0 radical (unpaired) electrons. The third-order valence-corrected chi connectivity index (χ3v) is 9.96. The average Bonchev–Trinajstić information content (AvgIpc) is 2.98. The van der Waals surface area contributed by atoms with Crippen LogP contribution in [0.3, 0.4) is 0 Å². The Morgan fingerprint density at radius 3 is 2.37 bits per heavy atom. The molecule has 8 heteroatoms. The summed E-state index contributed by atoms with van der Waals surface area (Å²) in [4.78, 5) is 51.0. The average molecular weight is 529 g/mol. The number of carbonyl (C=O) groups excluding carboxylic acids is 4. The molecule has 0 unspecified atom stereocenters. The molecule has 2 N–H and O–H groups in total. The first-order chi connectivity index (χ1) is 17.3. The summed E-state index contributed by atoms with van der Waals surface area (Å²) in [6.07, 6.45) is 5.94. The van der Waals surface area contributed by atoms with Crippen LogP contribution < -0.4 is 0 Å². The number of hydrogen-bond acceptors (Lipinski definition) is 8. The van der Waals surface area contributed by atoms with E-state index < -0.39 is 57.1 Å². The van der Waals surface area contributed by atoms with Crippen LogP contribution in [0.15, 0.2) is 35.6 Å². The van der Waals surface area contributed by atoms with E-state index in [1.54, 1.807) is 27.7 Å². The number of fused-ring (bicyclic) bond motifs is 5. The predicted molar refractivity (Wildman–Crippen MR) is 138 cm³/mol. The highest BCUT2D eigenvalue weighted by atomic mass is 16.6. The van der Waals surface area contributed by atoms with Crippen LogP contribution in [0.5, 0.6) is 0 Å². The summed E-state index contributed by atoms with van der Waals surface area (Å²) in [6.45, 7) is 13.4. The number of allylic oxidation sites excluding steroid dienone is 2. The fourth-order valence-corrected chi connectivity index (χ4v) is 7.96. The molecule has 1 aliphatic heterocycles. The zero-order valence-electron chi connectivity index (χ0n) is 23.6. The maximum Gasteiger partial charge on any atom is 0.320 e. The van der Waals surface area contributed by atoms with E-state index in [0.29, 0.717) is 12.8 Å². The van der Waals surface area contributed by atoms with Crippen molar-refractivity contribution in [1.29, 1.82) is 0 Å². The number of ether oxygens (including phenoxy) is 2. The van der Waals surface area contributed by atoms with Crippen LogP contribution in [0.1, 0.15) is 74.7 Å². The van der Waals surface area contributed by atoms with E-state index in [2.05, 4.69) is 0 Å². The highest BCUT2D eigenvalue weighted by Gasteiger charge is 2.71. The van der Waals surface area contributed by atoms with E-state index in [1.165, 1.54) is 32.3 Å². The largest absolute Gasteiger partial charge is 0.456 e. The van der Waals surface area contributed by atoms with Gasteiger partial charge < -0.3 is 19.7 Å². The van der Waals surface area contributed by atoms with Gasteiger partial charge in [0.2, 0.25) is 0 Å². The fraction of sp³-hybridized carbons (Fsp3) is 0.667. The molecule has 38 heavy (non-hydrogen) atoms. The number of ketones is 2. The minimum Gasteiger partial charge on any atom is -0.456 e. The van der Waals surface area contributed by atoms with Gasteiger partial charge in [0.15, 0.2) is 5.78 Å². The second-order valence-corrected chi connectivity index (χ2v) is 13.3. The van der Waals surface area contributed by atoms with Crippen molar-refractivity contribution in [2.24, 2.45) is 34.0 Å². The van der Waals surface area contributed by atoms with Crippen LogP contribution in [0.25, 0.3) is 0 Å². The molecular weight excluding hydrogens is 488 g/mol. The summed E-state index contributed by atoms with van der Waals surface area (Å²) in [5.74, 6) is -3.12. The van der Waals surface area contributed by atoms with Gasteiger partial charge in [0, 0.05) is 30.8 Å². The molecule has 0 aromatic rings. The zero-order chi connectivity index (χ0) is 28.6. The third kappa shape index (κ3) is 4.02. The summed E-state index contributed by atoms with van der Waals surface area (Å²) in [5.41, 5.74) is -3.83. The molecule has 4 rings (SSSR count). The van der Waals surface area contributed by atoms with E-state index in [-0.39, 0.29) is 24.1 Å². The van der Waals surface area contributed by atoms with Crippen molar-refractivity contribution in [2.45, 2.75) is 92.0 Å². The molecule has 3 aliphatic carbocycles. The molecule has 1 heterocycles. The molecule has 8 nitrogen and oxygen atoms in total. The minimum absolute atomic E-state index is 0.0468. The first-order valence-corrected chi connectivity index (χ1v) is 13.3. The van der Waals surface area contributed by atoms with Gasteiger partial charge in [-0.1, -0.05) is 19.9 Å². The van der Waals surface area contributed by atoms with Crippen molar-refractivity contribution in [3.8, 4) is 0 Å². The van der Waals surface area contributed by atoms with Gasteiger partial charge in [-0.05, 0) is 81.9 Å². The van der Waals surface area contributed by atoms with Crippen molar-refractivity contribution in [3.05, 3.63) is 35.6 Å². The van der Waals surface area contributed by atoms with E-state index in [9.17, 15) is 29.4 Å². The summed E-state index contributed by atoms with van der Waals surface area (Å²) < 4.78 is 10.6. The van der Waals surface area contributed by atoms with Gasteiger partial charge in [0.25, 0.3) is 0 Å². The lowest BCUT2D eigenvalue weighted by atomic mass is 9.45. The highest BCUT2D eigenvalue weighted by Crippen LogP contribution is 2.70. The third-order valence-electron chi connectivity index (χ3n) is 9.96. The van der Waals surface area contributed by atoms with Gasteiger partial charge in [-0.15, -0.1) is 0 Å². The number of Topliss-reactive ketones (excluding diaryl/α,β-unsaturated/α-hetero) is 1. The Bertz CT molecular complexity index is 1180. The lowest BCUT2D eigenvalue weighted by molar-refractivity contribution is -0.164. The van der Waals surface area contributed by atoms with Gasteiger partial charge in [0.05, 0.1) is 17.8 Å². The highest BCUT2D eigenvalue weighted by molar-refractivity contribution is 5.97. The quantitative estimate of drug-likeness (QED) is 0.409. The van der Waals surface area contributed by atoms with Crippen LogP contribution in [-0.4, -0.2) is 51.0 Å². The number of aliphatic hydroxyl groups is 2. The summed E-state index contributed by atoms with van der Waals surface area (Å²) in [5, 5.41) is 23.0. The van der Waals surface area contributed by atoms with Crippen LogP contribution in [0, 0.1) is 34.0 Å². The van der Waals surface area contributed by atoms with Crippen molar-refractivity contribution in [3.63, 3.8) is 0 Å². The van der Waals surface area contributed by atoms with Gasteiger partial charge >= 0.3 is 11.9 Å². The Morgan fingerprint density at radius 1 is 1.13 bits per heavy atom. The summed E-state index contributed by atoms with van der Waals surface area (Å²) in [7, 11) is 0. The molecule has 0 bridgehead atoms. The molecule has 0 aromatic heterocycles.